The van der Waals surface area contributed by atoms with E-state index in [2.05, 4.69) is 50.8 Å². The van der Waals surface area contributed by atoms with Crippen molar-refractivity contribution in [1.82, 2.24) is 24.9 Å². The highest BCUT2D eigenvalue weighted by molar-refractivity contribution is 5.44. The third-order valence-corrected chi connectivity index (χ3v) is 4.48. The number of nitrogens with zero attached hydrogens (tertiary/aromatic N) is 4. The molecule has 2 heterocycles. The first kappa shape index (κ1) is 20.1. The van der Waals surface area contributed by atoms with Gasteiger partial charge in [-0.25, -0.2) is 4.98 Å². The first-order valence-electron chi connectivity index (χ1n) is 10.1. The van der Waals surface area contributed by atoms with E-state index >= 15 is 0 Å². The van der Waals surface area contributed by atoms with Crippen LogP contribution in [-0.4, -0.2) is 39.3 Å². The van der Waals surface area contributed by atoms with Crippen molar-refractivity contribution >= 4 is 11.6 Å². The molecule has 0 bridgehead atoms. The summed E-state index contributed by atoms with van der Waals surface area (Å²) in [4.78, 5) is 8.49. The van der Waals surface area contributed by atoms with E-state index in [0.717, 1.165) is 49.9 Å². The Morgan fingerprint density at radius 2 is 2.04 bits per heavy atom. The zero-order chi connectivity index (χ0) is 19.6. The molecule has 0 fully saturated rings. The van der Waals surface area contributed by atoms with E-state index in [1.165, 1.54) is 31.2 Å². The van der Waals surface area contributed by atoms with Gasteiger partial charge in [0.25, 0.3) is 5.78 Å². The maximum atomic E-state index is 5.86. The van der Waals surface area contributed by atoms with Crippen LogP contribution in [0.5, 0.6) is 5.75 Å². The summed E-state index contributed by atoms with van der Waals surface area (Å²) in [6.45, 7) is 7.40. The highest BCUT2D eigenvalue weighted by Crippen LogP contribution is 2.14. The van der Waals surface area contributed by atoms with Crippen molar-refractivity contribution in [2.45, 2.75) is 46.1 Å². The van der Waals surface area contributed by atoms with Gasteiger partial charge in [0.05, 0.1) is 6.61 Å². The molecule has 1 aromatic carbocycles. The molecular formula is C21H30N6O. The number of benzene rings is 1. The van der Waals surface area contributed by atoms with E-state index in [-0.39, 0.29) is 0 Å². The van der Waals surface area contributed by atoms with Crippen LogP contribution in [0.2, 0.25) is 0 Å². The molecule has 0 saturated carbocycles. The van der Waals surface area contributed by atoms with Crippen molar-refractivity contribution in [1.29, 1.82) is 0 Å². The van der Waals surface area contributed by atoms with Crippen LogP contribution in [0.15, 0.2) is 36.7 Å². The van der Waals surface area contributed by atoms with Crippen molar-refractivity contribution in [3.8, 4) is 5.75 Å². The zero-order valence-electron chi connectivity index (χ0n) is 16.8. The second kappa shape index (κ2) is 10.6. The van der Waals surface area contributed by atoms with Crippen molar-refractivity contribution in [3.63, 3.8) is 0 Å². The smallest absolute Gasteiger partial charge is 0.254 e. The highest BCUT2D eigenvalue weighted by atomic mass is 16.5. The predicted molar refractivity (Wildman–Crippen MR) is 112 cm³/mol. The van der Waals surface area contributed by atoms with Crippen LogP contribution in [0, 0.1) is 6.92 Å². The molecule has 2 aromatic heterocycles. The molecule has 0 radical (unpaired) electrons. The Labute approximate surface area is 166 Å². The van der Waals surface area contributed by atoms with Gasteiger partial charge in [-0.2, -0.15) is 14.6 Å². The molecule has 3 aromatic rings. The van der Waals surface area contributed by atoms with E-state index in [0.29, 0.717) is 5.78 Å². The second-order valence-electron chi connectivity index (χ2n) is 6.91. The number of fused-ring (bicyclic) bond motifs is 1. The molecule has 7 heteroatoms. The van der Waals surface area contributed by atoms with Gasteiger partial charge in [0.1, 0.15) is 17.9 Å². The number of hydrogen-bond acceptors (Lipinski definition) is 6. The molecule has 0 aliphatic carbocycles. The van der Waals surface area contributed by atoms with Crippen molar-refractivity contribution in [2.75, 3.05) is 25.0 Å². The lowest BCUT2D eigenvalue weighted by atomic mass is 10.2. The Balaban J connectivity index is 1.39. The zero-order valence-corrected chi connectivity index (χ0v) is 16.8. The number of rotatable bonds is 12. The lowest BCUT2D eigenvalue weighted by Crippen LogP contribution is -2.22. The summed E-state index contributed by atoms with van der Waals surface area (Å²) in [5.41, 5.74) is 2.15. The molecule has 0 atom stereocenters. The Morgan fingerprint density at radius 3 is 2.93 bits per heavy atom. The van der Waals surface area contributed by atoms with E-state index in [1.54, 1.807) is 4.52 Å². The molecule has 0 amide bonds. The van der Waals surface area contributed by atoms with Gasteiger partial charge in [-0.05, 0) is 31.0 Å². The third kappa shape index (κ3) is 5.92. The summed E-state index contributed by atoms with van der Waals surface area (Å²) in [7, 11) is 0. The van der Waals surface area contributed by atoms with Gasteiger partial charge < -0.3 is 15.4 Å². The van der Waals surface area contributed by atoms with E-state index < -0.39 is 0 Å². The fourth-order valence-electron chi connectivity index (χ4n) is 3.03. The van der Waals surface area contributed by atoms with Gasteiger partial charge in [-0.15, -0.1) is 0 Å². The fraction of sp³-hybridized carbons (Fsp3) is 0.476. The van der Waals surface area contributed by atoms with Gasteiger partial charge in [-0.1, -0.05) is 38.3 Å². The summed E-state index contributed by atoms with van der Waals surface area (Å²) in [5.74, 6) is 2.47. The molecule has 2 N–H and O–H groups in total. The molecule has 7 nitrogen and oxygen atoms in total. The van der Waals surface area contributed by atoms with Crippen LogP contribution >= 0.6 is 0 Å². The highest BCUT2D eigenvalue weighted by Gasteiger charge is 2.04. The topological polar surface area (TPSA) is 76.4 Å². The lowest BCUT2D eigenvalue weighted by Gasteiger charge is -2.11. The Hall–Kier alpha value is -2.67. The third-order valence-electron chi connectivity index (χ3n) is 4.48. The average molecular weight is 383 g/mol. The fourth-order valence-corrected chi connectivity index (χ4v) is 3.03. The number of unbranched alkanes of at least 4 members (excludes halogenated alkanes) is 3. The Kier molecular flexibility index (Phi) is 7.61. The minimum atomic E-state index is 0.613. The summed E-state index contributed by atoms with van der Waals surface area (Å²) in [6.07, 6.45) is 6.41. The van der Waals surface area contributed by atoms with Crippen LogP contribution < -0.4 is 15.4 Å². The van der Waals surface area contributed by atoms with Gasteiger partial charge in [0.15, 0.2) is 0 Å². The maximum Gasteiger partial charge on any atom is 0.254 e. The largest absolute Gasteiger partial charge is 0.494 e. The molecule has 0 spiro atoms. The van der Waals surface area contributed by atoms with E-state index in [4.69, 9.17) is 4.74 Å². The van der Waals surface area contributed by atoms with Gasteiger partial charge in [0.2, 0.25) is 0 Å². The molecule has 0 saturated heterocycles. The van der Waals surface area contributed by atoms with E-state index in [9.17, 15) is 0 Å². The minimum absolute atomic E-state index is 0.613. The monoisotopic (exact) mass is 382 g/mol. The maximum absolute atomic E-state index is 5.86. The molecule has 0 aliphatic rings. The minimum Gasteiger partial charge on any atom is -0.494 e. The first-order chi connectivity index (χ1) is 13.8. The number of aromatic nitrogens is 4. The molecule has 28 heavy (non-hydrogen) atoms. The number of nitrogens with one attached hydrogen (secondary N) is 2. The van der Waals surface area contributed by atoms with Crippen LogP contribution in [0.1, 0.15) is 43.9 Å². The average Bonchev–Trinajstić information content (AvgIpc) is 3.16. The van der Waals surface area contributed by atoms with Gasteiger partial charge >= 0.3 is 0 Å². The molecule has 3 rings (SSSR count). The van der Waals surface area contributed by atoms with Crippen LogP contribution in [-0.2, 0) is 6.54 Å². The molecular weight excluding hydrogens is 352 g/mol. The van der Waals surface area contributed by atoms with Crippen molar-refractivity contribution in [2.24, 2.45) is 0 Å². The van der Waals surface area contributed by atoms with Crippen LogP contribution in [0.4, 0.5) is 5.82 Å². The quantitative estimate of drug-likeness (QED) is 0.466. The summed E-state index contributed by atoms with van der Waals surface area (Å²) in [5, 5.41) is 11.1. The molecule has 0 aliphatic heterocycles. The number of anilines is 1. The number of aryl methyl sites for hydroxylation is 1. The van der Waals surface area contributed by atoms with Crippen molar-refractivity contribution in [3.05, 3.63) is 47.9 Å². The second-order valence-corrected chi connectivity index (χ2v) is 6.91. The lowest BCUT2D eigenvalue weighted by molar-refractivity contribution is 0.304. The Morgan fingerprint density at radius 1 is 1.11 bits per heavy atom. The molecule has 150 valence electrons. The SMILES string of the molecule is CCCCCCOc1cccc(CNCCNc2cc(C)nc3ncnn23)c1. The van der Waals surface area contributed by atoms with Crippen molar-refractivity contribution < 1.29 is 4.74 Å². The standard InChI is InChI=1S/C21H30N6O/c1-3-4-5-6-12-28-19-9-7-8-18(14-19)15-22-10-11-23-20-13-17(2)26-21-24-16-25-27(20)21/h7-9,13-14,16,22-23H,3-6,10-12,15H2,1-2H3. The summed E-state index contributed by atoms with van der Waals surface area (Å²) < 4.78 is 7.58. The molecule has 0 unspecified atom stereocenters. The van der Waals surface area contributed by atoms with E-state index in [1.807, 2.05) is 19.1 Å². The van der Waals surface area contributed by atoms with Gasteiger partial charge in [-0.3, -0.25) is 0 Å². The van der Waals surface area contributed by atoms with Crippen LogP contribution in [0.25, 0.3) is 5.78 Å². The Bertz CT molecular complexity index is 863. The predicted octanol–water partition coefficient (Wildman–Crippen LogP) is 3.59. The van der Waals surface area contributed by atoms with Crippen LogP contribution in [0.3, 0.4) is 0 Å². The number of ether oxygens (including phenoxy) is 1. The summed E-state index contributed by atoms with van der Waals surface area (Å²) >= 11 is 0. The first-order valence-corrected chi connectivity index (χ1v) is 10.1. The summed E-state index contributed by atoms with van der Waals surface area (Å²) in [6, 6.07) is 10.3. The number of hydrogen-bond donors (Lipinski definition) is 2. The van der Waals surface area contributed by atoms with Gasteiger partial charge in [0, 0.05) is 31.4 Å². The normalized spacial score (nSPS) is 11.1.